The zero-order chi connectivity index (χ0) is 21.0. The smallest absolute Gasteiger partial charge is 0.203 e. The number of aromatic nitrogens is 2. The van der Waals surface area contributed by atoms with Gasteiger partial charge < -0.3 is 19.5 Å². The minimum absolute atomic E-state index is 0.263. The van der Waals surface area contributed by atoms with Crippen molar-refractivity contribution in [2.45, 2.75) is 26.9 Å². The first-order valence-electron chi connectivity index (χ1n) is 9.29. The molecule has 6 nitrogen and oxygen atoms in total. The van der Waals surface area contributed by atoms with Gasteiger partial charge in [0, 0.05) is 29.9 Å². The van der Waals surface area contributed by atoms with Crippen LogP contribution in [0.3, 0.4) is 0 Å². The molecule has 0 radical (unpaired) electrons. The molecule has 0 amide bonds. The van der Waals surface area contributed by atoms with Crippen LogP contribution in [0.2, 0.25) is 0 Å². The van der Waals surface area contributed by atoms with Gasteiger partial charge in [-0.2, -0.15) is 5.10 Å². The fourth-order valence-electron chi connectivity index (χ4n) is 3.39. The van der Waals surface area contributed by atoms with Gasteiger partial charge in [-0.15, -0.1) is 0 Å². The van der Waals surface area contributed by atoms with Crippen LogP contribution in [0.1, 0.15) is 22.5 Å². The van der Waals surface area contributed by atoms with Crippen molar-refractivity contribution in [2.24, 2.45) is 0 Å². The molecule has 7 heteroatoms. The SMILES string of the molecule is COc1ccc(CNCc2c(C)nn(-c3ccc(F)cc3)c2C)c(OC)c1OC. The third-order valence-electron chi connectivity index (χ3n) is 4.92. The Morgan fingerprint density at radius 1 is 0.897 bits per heavy atom. The van der Waals surface area contributed by atoms with E-state index in [2.05, 4.69) is 10.4 Å². The van der Waals surface area contributed by atoms with Gasteiger partial charge in [-0.25, -0.2) is 9.07 Å². The summed E-state index contributed by atoms with van der Waals surface area (Å²) in [6.07, 6.45) is 0. The molecule has 0 spiro atoms. The highest BCUT2D eigenvalue weighted by Crippen LogP contribution is 2.39. The summed E-state index contributed by atoms with van der Waals surface area (Å²) < 4.78 is 31.4. The number of nitrogens with zero attached hydrogens (tertiary/aromatic N) is 2. The quantitative estimate of drug-likeness (QED) is 0.622. The second-order valence-electron chi connectivity index (χ2n) is 6.63. The first-order valence-corrected chi connectivity index (χ1v) is 9.29. The monoisotopic (exact) mass is 399 g/mol. The van der Waals surface area contributed by atoms with Crippen molar-refractivity contribution in [3.05, 3.63) is 64.7 Å². The van der Waals surface area contributed by atoms with Crippen molar-refractivity contribution < 1.29 is 18.6 Å². The van der Waals surface area contributed by atoms with Gasteiger partial charge in [0.15, 0.2) is 11.5 Å². The maximum Gasteiger partial charge on any atom is 0.203 e. The first-order chi connectivity index (χ1) is 14.0. The predicted molar refractivity (Wildman–Crippen MR) is 110 cm³/mol. The summed E-state index contributed by atoms with van der Waals surface area (Å²) in [7, 11) is 4.80. The number of benzene rings is 2. The second-order valence-corrected chi connectivity index (χ2v) is 6.63. The summed E-state index contributed by atoms with van der Waals surface area (Å²) >= 11 is 0. The highest BCUT2D eigenvalue weighted by atomic mass is 19.1. The average Bonchev–Trinajstić information content (AvgIpc) is 3.01. The molecule has 1 N–H and O–H groups in total. The largest absolute Gasteiger partial charge is 0.493 e. The molecule has 154 valence electrons. The van der Waals surface area contributed by atoms with Gasteiger partial charge in [-0.05, 0) is 44.2 Å². The summed E-state index contributed by atoms with van der Waals surface area (Å²) in [6.45, 7) is 5.21. The van der Waals surface area contributed by atoms with Crippen LogP contribution in [0.5, 0.6) is 17.2 Å². The van der Waals surface area contributed by atoms with Gasteiger partial charge in [-0.1, -0.05) is 6.07 Å². The topological polar surface area (TPSA) is 57.5 Å². The van der Waals surface area contributed by atoms with Gasteiger partial charge >= 0.3 is 0 Å². The van der Waals surface area contributed by atoms with Gasteiger partial charge in [0.05, 0.1) is 32.7 Å². The molecule has 0 saturated heterocycles. The molecular weight excluding hydrogens is 373 g/mol. The third-order valence-corrected chi connectivity index (χ3v) is 4.92. The molecule has 0 bridgehead atoms. The maximum absolute atomic E-state index is 13.2. The van der Waals surface area contributed by atoms with Crippen molar-refractivity contribution in [3.8, 4) is 22.9 Å². The number of aryl methyl sites for hydroxylation is 1. The lowest BCUT2D eigenvalue weighted by molar-refractivity contribution is 0.321. The Hall–Kier alpha value is -3.06. The molecular formula is C22H26FN3O3. The maximum atomic E-state index is 13.2. The van der Waals surface area contributed by atoms with E-state index >= 15 is 0 Å². The summed E-state index contributed by atoms with van der Waals surface area (Å²) in [5, 5.41) is 8.06. The Bertz CT molecular complexity index is 984. The molecule has 0 aliphatic carbocycles. The number of halogens is 1. The molecule has 0 unspecified atom stereocenters. The molecule has 0 aliphatic heterocycles. The standard InChI is InChI=1S/C22H26FN3O3/c1-14-19(15(2)26(25-14)18-9-7-17(23)8-10-18)13-24-12-16-6-11-20(27-3)22(29-5)21(16)28-4/h6-11,24H,12-13H2,1-5H3. The van der Waals surface area contributed by atoms with Crippen LogP contribution in [0, 0.1) is 19.7 Å². The van der Waals surface area contributed by atoms with E-state index in [1.54, 1.807) is 33.5 Å². The van der Waals surface area contributed by atoms with Crippen molar-refractivity contribution in [3.63, 3.8) is 0 Å². The summed E-state index contributed by atoms with van der Waals surface area (Å²) in [5.74, 6) is 1.59. The Labute approximate surface area is 170 Å². The highest BCUT2D eigenvalue weighted by Gasteiger charge is 2.17. The highest BCUT2D eigenvalue weighted by molar-refractivity contribution is 5.55. The third kappa shape index (κ3) is 4.19. The van der Waals surface area contributed by atoms with E-state index < -0.39 is 0 Å². The van der Waals surface area contributed by atoms with E-state index in [1.807, 2.05) is 30.7 Å². The van der Waals surface area contributed by atoms with Crippen LogP contribution < -0.4 is 19.5 Å². The normalized spacial score (nSPS) is 10.8. The van der Waals surface area contributed by atoms with E-state index in [-0.39, 0.29) is 5.82 Å². The number of methoxy groups -OCH3 is 3. The molecule has 2 aromatic carbocycles. The van der Waals surface area contributed by atoms with Gasteiger partial charge in [0.1, 0.15) is 5.82 Å². The van der Waals surface area contributed by atoms with Crippen molar-refractivity contribution >= 4 is 0 Å². The van der Waals surface area contributed by atoms with E-state index in [4.69, 9.17) is 14.2 Å². The minimum atomic E-state index is -0.263. The second kappa shape index (κ2) is 8.96. The van der Waals surface area contributed by atoms with Crippen molar-refractivity contribution in [1.29, 1.82) is 0 Å². The Morgan fingerprint density at radius 3 is 2.21 bits per heavy atom. The summed E-state index contributed by atoms with van der Waals surface area (Å²) in [5.41, 5.74) is 4.85. The minimum Gasteiger partial charge on any atom is -0.493 e. The van der Waals surface area contributed by atoms with Crippen LogP contribution in [0.4, 0.5) is 4.39 Å². The molecule has 0 atom stereocenters. The lowest BCUT2D eigenvalue weighted by atomic mass is 10.1. The van der Waals surface area contributed by atoms with E-state index in [9.17, 15) is 4.39 Å². The Balaban J connectivity index is 1.77. The fraction of sp³-hybridized carbons (Fsp3) is 0.318. The fourth-order valence-corrected chi connectivity index (χ4v) is 3.39. The van der Waals surface area contributed by atoms with Crippen LogP contribution in [0.25, 0.3) is 5.69 Å². The van der Waals surface area contributed by atoms with E-state index in [1.165, 1.54) is 12.1 Å². The van der Waals surface area contributed by atoms with E-state index in [0.29, 0.717) is 30.3 Å². The average molecular weight is 399 g/mol. The van der Waals surface area contributed by atoms with Crippen LogP contribution in [-0.2, 0) is 13.1 Å². The van der Waals surface area contributed by atoms with Crippen molar-refractivity contribution in [2.75, 3.05) is 21.3 Å². The Morgan fingerprint density at radius 2 is 1.59 bits per heavy atom. The van der Waals surface area contributed by atoms with Gasteiger partial charge in [0.25, 0.3) is 0 Å². The number of ether oxygens (including phenoxy) is 3. The first kappa shape index (κ1) is 20.7. The van der Waals surface area contributed by atoms with Gasteiger partial charge in [0.2, 0.25) is 5.75 Å². The molecule has 1 heterocycles. The predicted octanol–water partition coefficient (Wildman–Crippen LogP) is 3.94. The van der Waals surface area contributed by atoms with Crippen molar-refractivity contribution in [1.82, 2.24) is 15.1 Å². The molecule has 3 aromatic rings. The molecule has 0 fully saturated rings. The van der Waals surface area contributed by atoms with E-state index in [0.717, 1.165) is 28.2 Å². The molecule has 29 heavy (non-hydrogen) atoms. The number of nitrogens with one attached hydrogen (secondary N) is 1. The zero-order valence-corrected chi connectivity index (χ0v) is 17.4. The molecule has 3 rings (SSSR count). The number of rotatable bonds is 8. The zero-order valence-electron chi connectivity index (χ0n) is 17.4. The summed E-state index contributed by atoms with van der Waals surface area (Å²) in [6, 6.07) is 10.1. The van der Waals surface area contributed by atoms with Gasteiger partial charge in [-0.3, -0.25) is 0 Å². The molecule has 0 saturated carbocycles. The molecule has 0 aliphatic rings. The lowest BCUT2D eigenvalue weighted by Gasteiger charge is -2.16. The summed E-state index contributed by atoms with van der Waals surface area (Å²) in [4.78, 5) is 0. The Kier molecular flexibility index (Phi) is 6.39. The van der Waals surface area contributed by atoms with Crippen LogP contribution in [0.15, 0.2) is 36.4 Å². The van der Waals surface area contributed by atoms with Crippen LogP contribution in [-0.4, -0.2) is 31.1 Å². The van der Waals surface area contributed by atoms with Crippen LogP contribution >= 0.6 is 0 Å². The number of hydrogen-bond acceptors (Lipinski definition) is 5. The lowest BCUT2D eigenvalue weighted by Crippen LogP contribution is -2.15. The number of hydrogen-bond donors (Lipinski definition) is 1. The molecule has 1 aromatic heterocycles.